The second kappa shape index (κ2) is 6.19. The molecule has 1 heterocycles. The number of rotatable bonds is 5. The Kier molecular flexibility index (Phi) is 5.46. The highest BCUT2D eigenvalue weighted by molar-refractivity contribution is 4.86. The van der Waals surface area contributed by atoms with E-state index in [0.717, 1.165) is 38.8 Å². The standard InChI is InChI=1S/C15H31NO/c1-5-11-16-12-9-15(17,10-13-16)8-6-7-14(2,3)4/h17H,5-13H2,1-4H3. The fourth-order valence-corrected chi connectivity index (χ4v) is 2.71. The molecule has 1 N–H and O–H groups in total. The molecule has 1 aliphatic heterocycles. The van der Waals surface area contributed by atoms with Gasteiger partial charge in [-0.1, -0.05) is 34.1 Å². The van der Waals surface area contributed by atoms with Gasteiger partial charge in [-0.05, 0) is 44.1 Å². The van der Waals surface area contributed by atoms with Crippen LogP contribution in [0.1, 0.15) is 66.2 Å². The van der Waals surface area contributed by atoms with E-state index in [1.807, 2.05) is 0 Å². The largest absolute Gasteiger partial charge is 0.390 e. The topological polar surface area (TPSA) is 23.5 Å². The molecule has 0 aromatic rings. The van der Waals surface area contributed by atoms with Crippen molar-refractivity contribution >= 4 is 0 Å². The molecule has 1 saturated heterocycles. The minimum atomic E-state index is -0.366. The summed E-state index contributed by atoms with van der Waals surface area (Å²) in [5.74, 6) is 0. The lowest BCUT2D eigenvalue weighted by molar-refractivity contribution is -0.0303. The van der Waals surface area contributed by atoms with Crippen molar-refractivity contribution in [1.29, 1.82) is 0 Å². The minimum absolute atomic E-state index is 0.366. The zero-order valence-corrected chi connectivity index (χ0v) is 12.3. The van der Waals surface area contributed by atoms with Crippen LogP contribution >= 0.6 is 0 Å². The summed E-state index contributed by atoms with van der Waals surface area (Å²) in [6, 6.07) is 0. The van der Waals surface area contributed by atoms with Crippen molar-refractivity contribution in [3.63, 3.8) is 0 Å². The maximum absolute atomic E-state index is 10.5. The third-order valence-electron chi connectivity index (χ3n) is 3.90. The van der Waals surface area contributed by atoms with E-state index in [4.69, 9.17) is 0 Å². The predicted octanol–water partition coefficient (Wildman–Crippen LogP) is 3.44. The Morgan fingerprint density at radius 2 is 1.76 bits per heavy atom. The lowest BCUT2D eigenvalue weighted by Gasteiger charge is -2.38. The van der Waals surface area contributed by atoms with Crippen molar-refractivity contribution in [3.05, 3.63) is 0 Å². The molecule has 0 atom stereocenters. The van der Waals surface area contributed by atoms with Crippen LogP contribution in [0.25, 0.3) is 0 Å². The normalized spacial score (nSPS) is 21.7. The fourth-order valence-electron chi connectivity index (χ4n) is 2.71. The molecule has 0 radical (unpaired) electrons. The molecule has 0 aromatic carbocycles. The van der Waals surface area contributed by atoms with E-state index in [0.29, 0.717) is 5.41 Å². The van der Waals surface area contributed by atoms with E-state index in [9.17, 15) is 5.11 Å². The van der Waals surface area contributed by atoms with Crippen LogP contribution in [-0.2, 0) is 0 Å². The van der Waals surface area contributed by atoms with E-state index in [2.05, 4.69) is 32.6 Å². The molecule has 1 rings (SSSR count). The Bertz CT molecular complexity index is 211. The monoisotopic (exact) mass is 241 g/mol. The molecule has 0 aromatic heterocycles. The van der Waals surface area contributed by atoms with Crippen molar-refractivity contribution < 1.29 is 5.11 Å². The summed E-state index contributed by atoms with van der Waals surface area (Å²) in [7, 11) is 0. The van der Waals surface area contributed by atoms with Gasteiger partial charge in [0.1, 0.15) is 0 Å². The lowest BCUT2D eigenvalue weighted by Crippen LogP contribution is -2.44. The third kappa shape index (κ3) is 5.87. The van der Waals surface area contributed by atoms with Gasteiger partial charge in [-0.15, -0.1) is 0 Å². The number of hydrogen-bond acceptors (Lipinski definition) is 2. The SMILES string of the molecule is CCCN1CCC(O)(CCCC(C)(C)C)CC1. The van der Waals surface area contributed by atoms with Gasteiger partial charge in [0.15, 0.2) is 0 Å². The lowest BCUT2D eigenvalue weighted by atomic mass is 9.82. The van der Waals surface area contributed by atoms with Gasteiger partial charge in [0.25, 0.3) is 0 Å². The first-order valence-electron chi connectivity index (χ1n) is 7.29. The van der Waals surface area contributed by atoms with E-state index in [1.54, 1.807) is 0 Å². The second-order valence-electron chi connectivity index (χ2n) is 6.98. The van der Waals surface area contributed by atoms with Crippen molar-refractivity contribution in [2.24, 2.45) is 5.41 Å². The highest BCUT2D eigenvalue weighted by Crippen LogP contribution is 2.30. The molecular formula is C15H31NO. The first-order chi connectivity index (χ1) is 7.85. The van der Waals surface area contributed by atoms with Crippen molar-refractivity contribution in [2.45, 2.75) is 71.8 Å². The van der Waals surface area contributed by atoms with Crippen LogP contribution in [0.15, 0.2) is 0 Å². The molecule has 2 heteroatoms. The zero-order chi connectivity index (χ0) is 12.9. The van der Waals surface area contributed by atoms with Crippen molar-refractivity contribution in [1.82, 2.24) is 4.90 Å². The Hall–Kier alpha value is -0.0800. The van der Waals surface area contributed by atoms with Crippen LogP contribution in [0.2, 0.25) is 0 Å². The van der Waals surface area contributed by atoms with Gasteiger partial charge in [0.2, 0.25) is 0 Å². The molecule has 0 amide bonds. The molecular weight excluding hydrogens is 210 g/mol. The molecule has 0 bridgehead atoms. The van der Waals surface area contributed by atoms with Crippen LogP contribution in [0.4, 0.5) is 0 Å². The van der Waals surface area contributed by atoms with Gasteiger partial charge in [-0.2, -0.15) is 0 Å². The number of piperidine rings is 1. The summed E-state index contributed by atoms with van der Waals surface area (Å²) in [4.78, 5) is 2.48. The van der Waals surface area contributed by atoms with Crippen LogP contribution in [-0.4, -0.2) is 35.2 Å². The van der Waals surface area contributed by atoms with Gasteiger partial charge in [0.05, 0.1) is 5.60 Å². The van der Waals surface area contributed by atoms with Crippen molar-refractivity contribution in [3.8, 4) is 0 Å². The van der Waals surface area contributed by atoms with E-state index in [-0.39, 0.29) is 5.60 Å². The van der Waals surface area contributed by atoms with Crippen LogP contribution in [0.3, 0.4) is 0 Å². The number of hydrogen-bond donors (Lipinski definition) is 1. The van der Waals surface area contributed by atoms with Gasteiger partial charge < -0.3 is 10.0 Å². The van der Waals surface area contributed by atoms with Gasteiger partial charge in [-0.25, -0.2) is 0 Å². The summed E-state index contributed by atoms with van der Waals surface area (Å²) in [5.41, 5.74) is 0.0365. The zero-order valence-electron chi connectivity index (χ0n) is 12.3. The maximum Gasteiger partial charge on any atom is 0.0672 e. The summed E-state index contributed by atoms with van der Waals surface area (Å²) in [5, 5.41) is 10.5. The smallest absolute Gasteiger partial charge is 0.0672 e. The van der Waals surface area contributed by atoms with Gasteiger partial charge >= 0.3 is 0 Å². The Labute approximate surface area is 107 Å². The number of nitrogens with zero attached hydrogens (tertiary/aromatic N) is 1. The summed E-state index contributed by atoms with van der Waals surface area (Å²) < 4.78 is 0. The number of aliphatic hydroxyl groups is 1. The maximum atomic E-state index is 10.5. The average Bonchev–Trinajstić information content (AvgIpc) is 2.20. The van der Waals surface area contributed by atoms with Crippen LogP contribution < -0.4 is 0 Å². The summed E-state index contributed by atoms with van der Waals surface area (Å²) in [6.45, 7) is 12.4. The fraction of sp³-hybridized carbons (Fsp3) is 1.00. The molecule has 0 aliphatic carbocycles. The minimum Gasteiger partial charge on any atom is -0.390 e. The summed E-state index contributed by atoms with van der Waals surface area (Å²) >= 11 is 0. The summed E-state index contributed by atoms with van der Waals surface area (Å²) in [6.07, 6.45) is 6.53. The highest BCUT2D eigenvalue weighted by atomic mass is 16.3. The molecule has 1 fully saturated rings. The predicted molar refractivity (Wildman–Crippen MR) is 74.2 cm³/mol. The Balaban J connectivity index is 2.25. The van der Waals surface area contributed by atoms with Crippen LogP contribution in [0.5, 0.6) is 0 Å². The molecule has 17 heavy (non-hydrogen) atoms. The molecule has 102 valence electrons. The quantitative estimate of drug-likeness (QED) is 0.797. The first kappa shape index (κ1) is 15.0. The number of likely N-dealkylation sites (tertiary alicyclic amines) is 1. The van der Waals surface area contributed by atoms with E-state index in [1.165, 1.54) is 19.4 Å². The molecule has 2 nitrogen and oxygen atoms in total. The van der Waals surface area contributed by atoms with E-state index >= 15 is 0 Å². The highest BCUT2D eigenvalue weighted by Gasteiger charge is 2.31. The van der Waals surface area contributed by atoms with Gasteiger partial charge in [-0.3, -0.25) is 0 Å². The Morgan fingerprint density at radius 1 is 1.18 bits per heavy atom. The molecule has 1 aliphatic rings. The Morgan fingerprint density at radius 3 is 2.24 bits per heavy atom. The average molecular weight is 241 g/mol. The van der Waals surface area contributed by atoms with E-state index < -0.39 is 0 Å². The van der Waals surface area contributed by atoms with Gasteiger partial charge in [0, 0.05) is 13.1 Å². The first-order valence-corrected chi connectivity index (χ1v) is 7.29. The second-order valence-corrected chi connectivity index (χ2v) is 6.98. The molecule has 0 saturated carbocycles. The third-order valence-corrected chi connectivity index (χ3v) is 3.90. The molecule has 0 unspecified atom stereocenters. The molecule has 0 spiro atoms. The van der Waals surface area contributed by atoms with Crippen molar-refractivity contribution in [2.75, 3.05) is 19.6 Å². The van der Waals surface area contributed by atoms with Crippen LogP contribution in [0, 0.1) is 5.41 Å².